The van der Waals surface area contributed by atoms with E-state index in [9.17, 15) is 9.59 Å². The largest absolute Gasteiger partial charge is 0.452 e. The average Bonchev–Trinajstić information content (AvgIpc) is 2.76. The van der Waals surface area contributed by atoms with Gasteiger partial charge >= 0.3 is 5.97 Å². The van der Waals surface area contributed by atoms with Crippen LogP contribution in [0.2, 0.25) is 5.02 Å². The number of carbonyl (C=O) groups is 2. The fourth-order valence-corrected chi connectivity index (χ4v) is 4.40. The van der Waals surface area contributed by atoms with Gasteiger partial charge in [-0.15, -0.1) is 0 Å². The molecule has 0 saturated carbocycles. The number of para-hydroxylation sites is 1. The lowest BCUT2D eigenvalue weighted by Gasteiger charge is -2.34. The average molecular weight is 437 g/mol. The van der Waals surface area contributed by atoms with Gasteiger partial charge in [0.25, 0.3) is 5.91 Å². The summed E-state index contributed by atoms with van der Waals surface area (Å²) in [5.41, 5.74) is 2.57. The predicted molar refractivity (Wildman–Crippen MR) is 122 cm³/mol. The maximum atomic E-state index is 13.0. The molecule has 2 aromatic carbocycles. The molecule has 3 aromatic rings. The van der Waals surface area contributed by atoms with Crippen molar-refractivity contribution in [2.45, 2.75) is 20.3 Å². The van der Waals surface area contributed by atoms with Crippen LogP contribution in [0.15, 0.2) is 54.6 Å². The van der Waals surface area contributed by atoms with E-state index in [-0.39, 0.29) is 12.5 Å². The summed E-state index contributed by atoms with van der Waals surface area (Å²) in [6.07, 6.45) is 1.11. The van der Waals surface area contributed by atoms with Crippen molar-refractivity contribution in [3.05, 3.63) is 65.2 Å². The number of hydrogen-bond donors (Lipinski definition) is 0. The molecule has 2 atom stereocenters. The Labute approximate surface area is 187 Å². The Kier molecular flexibility index (Phi) is 6.23. The van der Waals surface area contributed by atoms with Crippen LogP contribution in [0.3, 0.4) is 0 Å². The van der Waals surface area contributed by atoms with Crippen LogP contribution in [0.25, 0.3) is 22.2 Å². The first-order valence-electron chi connectivity index (χ1n) is 10.5. The molecule has 2 heterocycles. The van der Waals surface area contributed by atoms with Crippen molar-refractivity contribution in [3.63, 3.8) is 0 Å². The molecule has 0 aliphatic carbocycles. The highest BCUT2D eigenvalue weighted by atomic mass is 35.5. The minimum absolute atomic E-state index is 0.150. The van der Waals surface area contributed by atoms with Gasteiger partial charge in [-0.1, -0.05) is 55.8 Å². The van der Waals surface area contributed by atoms with Crippen molar-refractivity contribution >= 4 is 34.4 Å². The van der Waals surface area contributed by atoms with Crippen LogP contribution in [0.4, 0.5) is 0 Å². The number of aromatic nitrogens is 1. The van der Waals surface area contributed by atoms with Crippen LogP contribution in [-0.2, 0) is 9.53 Å². The van der Waals surface area contributed by atoms with E-state index in [1.807, 2.05) is 36.4 Å². The summed E-state index contributed by atoms with van der Waals surface area (Å²) in [6.45, 7) is 5.44. The summed E-state index contributed by atoms with van der Waals surface area (Å²) in [6, 6.07) is 16.4. The lowest BCUT2D eigenvalue weighted by molar-refractivity contribution is -0.137. The number of fused-ring (bicyclic) bond motifs is 1. The van der Waals surface area contributed by atoms with E-state index in [2.05, 4.69) is 18.8 Å². The molecule has 1 saturated heterocycles. The van der Waals surface area contributed by atoms with Gasteiger partial charge in [0.15, 0.2) is 6.61 Å². The summed E-state index contributed by atoms with van der Waals surface area (Å²) >= 11 is 6.00. The first-order chi connectivity index (χ1) is 14.9. The smallest absolute Gasteiger partial charge is 0.339 e. The van der Waals surface area contributed by atoms with E-state index in [1.165, 1.54) is 0 Å². The quantitative estimate of drug-likeness (QED) is 0.526. The SMILES string of the molecule is CC1CC(C)CN(C(=O)COC(=O)c2cc(-c3ccc(Cl)cc3)nc3ccccc23)C1. The number of rotatable bonds is 4. The van der Waals surface area contributed by atoms with Crippen LogP contribution in [0.5, 0.6) is 0 Å². The monoisotopic (exact) mass is 436 g/mol. The maximum absolute atomic E-state index is 13.0. The molecule has 160 valence electrons. The molecule has 0 bridgehead atoms. The van der Waals surface area contributed by atoms with Gasteiger partial charge in [0.2, 0.25) is 0 Å². The lowest BCUT2D eigenvalue weighted by Crippen LogP contribution is -2.44. The third-order valence-corrected chi connectivity index (χ3v) is 5.88. The van der Waals surface area contributed by atoms with Gasteiger partial charge < -0.3 is 9.64 Å². The molecule has 1 aliphatic rings. The minimum Gasteiger partial charge on any atom is -0.452 e. The number of amides is 1. The Balaban J connectivity index is 1.57. The predicted octanol–water partition coefficient (Wildman–Crippen LogP) is 5.22. The molecule has 6 heteroatoms. The standard InChI is InChI=1S/C25H25ClN2O3/c1-16-11-17(2)14-28(13-16)24(29)15-31-25(30)21-12-23(18-7-9-19(26)10-8-18)27-22-6-4-3-5-20(21)22/h3-10,12,16-17H,11,13-15H2,1-2H3. The van der Waals surface area contributed by atoms with Crippen LogP contribution in [-0.4, -0.2) is 41.5 Å². The molecule has 1 fully saturated rings. The number of piperidine rings is 1. The number of halogens is 1. The Morgan fingerprint density at radius 3 is 2.45 bits per heavy atom. The van der Waals surface area contributed by atoms with Gasteiger partial charge in [0.1, 0.15) is 0 Å². The fraction of sp³-hybridized carbons (Fsp3) is 0.320. The zero-order valence-electron chi connectivity index (χ0n) is 17.7. The van der Waals surface area contributed by atoms with E-state index >= 15 is 0 Å². The van der Waals surface area contributed by atoms with Gasteiger partial charge in [-0.3, -0.25) is 4.79 Å². The molecule has 0 radical (unpaired) electrons. The molecular formula is C25H25ClN2O3. The van der Waals surface area contributed by atoms with E-state index in [1.54, 1.807) is 23.1 Å². The summed E-state index contributed by atoms with van der Waals surface area (Å²) in [7, 11) is 0. The second-order valence-corrected chi connectivity index (χ2v) is 8.84. The van der Waals surface area contributed by atoms with Crippen molar-refractivity contribution in [3.8, 4) is 11.3 Å². The number of hydrogen-bond acceptors (Lipinski definition) is 4. The second-order valence-electron chi connectivity index (χ2n) is 8.40. The molecule has 2 unspecified atom stereocenters. The van der Waals surface area contributed by atoms with Crippen LogP contribution >= 0.6 is 11.6 Å². The Morgan fingerprint density at radius 1 is 1.06 bits per heavy atom. The van der Waals surface area contributed by atoms with E-state index in [4.69, 9.17) is 16.3 Å². The highest BCUT2D eigenvalue weighted by Gasteiger charge is 2.26. The molecule has 4 rings (SSSR count). The van der Waals surface area contributed by atoms with Crippen LogP contribution < -0.4 is 0 Å². The van der Waals surface area contributed by atoms with Crippen LogP contribution in [0, 0.1) is 11.8 Å². The highest BCUT2D eigenvalue weighted by molar-refractivity contribution is 6.30. The van der Waals surface area contributed by atoms with Gasteiger partial charge in [0.05, 0.1) is 16.8 Å². The van der Waals surface area contributed by atoms with Crippen molar-refractivity contribution in [1.29, 1.82) is 0 Å². The number of carbonyl (C=O) groups excluding carboxylic acids is 2. The van der Waals surface area contributed by atoms with Crippen molar-refractivity contribution in [1.82, 2.24) is 9.88 Å². The van der Waals surface area contributed by atoms with E-state index in [0.29, 0.717) is 52.1 Å². The van der Waals surface area contributed by atoms with Crippen molar-refractivity contribution in [2.24, 2.45) is 11.8 Å². The van der Waals surface area contributed by atoms with Gasteiger partial charge in [-0.2, -0.15) is 0 Å². The molecule has 1 aromatic heterocycles. The van der Waals surface area contributed by atoms with E-state index in [0.717, 1.165) is 12.0 Å². The Hall–Kier alpha value is -2.92. The second kappa shape index (κ2) is 9.06. The molecule has 5 nitrogen and oxygen atoms in total. The first kappa shape index (κ1) is 21.3. The zero-order chi connectivity index (χ0) is 22.0. The summed E-state index contributed by atoms with van der Waals surface area (Å²) in [4.78, 5) is 32.1. The number of nitrogens with zero attached hydrogens (tertiary/aromatic N) is 2. The molecule has 1 aliphatic heterocycles. The fourth-order valence-electron chi connectivity index (χ4n) is 4.28. The van der Waals surface area contributed by atoms with Crippen molar-refractivity contribution < 1.29 is 14.3 Å². The summed E-state index contributed by atoms with van der Waals surface area (Å²) < 4.78 is 5.45. The molecular weight excluding hydrogens is 412 g/mol. The molecule has 1 amide bonds. The van der Waals surface area contributed by atoms with E-state index < -0.39 is 5.97 Å². The Bertz CT molecular complexity index is 1100. The lowest BCUT2D eigenvalue weighted by atomic mass is 9.92. The zero-order valence-corrected chi connectivity index (χ0v) is 18.4. The normalized spacial score (nSPS) is 18.7. The van der Waals surface area contributed by atoms with Gasteiger partial charge in [0, 0.05) is 29.1 Å². The third kappa shape index (κ3) is 4.88. The number of benzene rings is 2. The maximum Gasteiger partial charge on any atom is 0.339 e. The number of ether oxygens (including phenoxy) is 1. The molecule has 0 N–H and O–H groups in total. The third-order valence-electron chi connectivity index (χ3n) is 5.62. The number of pyridine rings is 1. The number of likely N-dealkylation sites (tertiary alicyclic amines) is 1. The van der Waals surface area contributed by atoms with Crippen molar-refractivity contribution in [2.75, 3.05) is 19.7 Å². The number of esters is 1. The molecule has 0 spiro atoms. The minimum atomic E-state index is -0.528. The first-order valence-corrected chi connectivity index (χ1v) is 10.9. The Morgan fingerprint density at radius 2 is 1.74 bits per heavy atom. The summed E-state index contributed by atoms with van der Waals surface area (Å²) in [5.74, 6) is 0.229. The van der Waals surface area contributed by atoms with Gasteiger partial charge in [-0.25, -0.2) is 9.78 Å². The molecule has 31 heavy (non-hydrogen) atoms. The summed E-state index contributed by atoms with van der Waals surface area (Å²) in [5, 5.41) is 1.32. The van der Waals surface area contributed by atoms with Gasteiger partial charge in [-0.05, 0) is 42.5 Å². The van der Waals surface area contributed by atoms with Crippen LogP contribution in [0.1, 0.15) is 30.6 Å². The highest BCUT2D eigenvalue weighted by Crippen LogP contribution is 2.27. The topological polar surface area (TPSA) is 59.5 Å².